The summed E-state index contributed by atoms with van der Waals surface area (Å²) in [6.07, 6.45) is 1.95. The number of pyridine rings is 1. The molecule has 2 aliphatic rings. The van der Waals surface area contributed by atoms with Crippen molar-refractivity contribution in [2.45, 2.75) is 19.4 Å². The van der Waals surface area contributed by atoms with Crippen molar-refractivity contribution in [2.24, 2.45) is 13.0 Å². The molecule has 0 saturated carbocycles. The van der Waals surface area contributed by atoms with Crippen molar-refractivity contribution in [1.29, 1.82) is 0 Å². The van der Waals surface area contributed by atoms with E-state index in [1.54, 1.807) is 18.5 Å². The predicted octanol–water partition coefficient (Wildman–Crippen LogP) is 1.66. The first-order chi connectivity index (χ1) is 15.0. The van der Waals surface area contributed by atoms with Crippen molar-refractivity contribution in [2.75, 3.05) is 19.7 Å². The molecule has 4 heterocycles. The summed E-state index contributed by atoms with van der Waals surface area (Å²) in [5, 5.41) is 5.68. The third-order valence-corrected chi connectivity index (χ3v) is 5.80. The molecule has 2 amide bonds. The molecule has 1 unspecified atom stereocenters. The zero-order valence-electron chi connectivity index (χ0n) is 17.3. The Balaban J connectivity index is 1.55. The van der Waals surface area contributed by atoms with E-state index in [9.17, 15) is 9.59 Å². The van der Waals surface area contributed by atoms with Crippen LogP contribution in [0.1, 0.15) is 23.7 Å². The van der Waals surface area contributed by atoms with Crippen molar-refractivity contribution in [3.05, 3.63) is 36.2 Å². The van der Waals surface area contributed by atoms with Gasteiger partial charge >= 0.3 is 0 Å². The first-order valence-corrected chi connectivity index (χ1v) is 10.3. The number of nitrogens with one attached hydrogen (secondary N) is 2. The maximum atomic E-state index is 12.4. The van der Waals surface area contributed by atoms with Gasteiger partial charge in [-0.05, 0) is 31.2 Å². The third kappa shape index (κ3) is 3.56. The Morgan fingerprint density at radius 1 is 1.26 bits per heavy atom. The van der Waals surface area contributed by atoms with Crippen molar-refractivity contribution in [1.82, 2.24) is 25.2 Å². The van der Waals surface area contributed by atoms with Crippen LogP contribution in [-0.4, -0.2) is 52.1 Å². The van der Waals surface area contributed by atoms with Crippen LogP contribution in [0, 0.1) is 5.92 Å². The molecule has 2 atom stereocenters. The number of rotatable bonds is 4. The standard InChI is InChI=1S/C22H23N5O4/c1-12(14-8-19(28)24-10-14)31-22-20-17(25-11-27(20)2)9-16(26-22)13-3-4-18-15(7-13)21(29)23-5-6-30-18/h3-4,7,9,11-12,14H,5-6,8,10H2,1-2H3,(H,23,29)(H,24,28)/t12-,14?/m1/s1. The molecule has 0 aliphatic carbocycles. The van der Waals surface area contributed by atoms with Crippen LogP contribution in [0.3, 0.4) is 0 Å². The number of ether oxygens (including phenoxy) is 2. The normalized spacial score (nSPS) is 19.2. The number of amides is 2. The number of hydrogen-bond acceptors (Lipinski definition) is 6. The number of aryl methyl sites for hydroxylation is 1. The summed E-state index contributed by atoms with van der Waals surface area (Å²) >= 11 is 0. The Morgan fingerprint density at radius 3 is 2.94 bits per heavy atom. The van der Waals surface area contributed by atoms with Gasteiger partial charge in [0.1, 0.15) is 24.0 Å². The third-order valence-electron chi connectivity index (χ3n) is 5.80. The Morgan fingerprint density at radius 2 is 2.13 bits per heavy atom. The highest BCUT2D eigenvalue weighted by Crippen LogP contribution is 2.32. The lowest BCUT2D eigenvalue weighted by molar-refractivity contribution is -0.119. The monoisotopic (exact) mass is 421 g/mol. The van der Waals surface area contributed by atoms with Crippen LogP contribution < -0.4 is 20.1 Å². The lowest BCUT2D eigenvalue weighted by atomic mass is 10.0. The van der Waals surface area contributed by atoms with Gasteiger partial charge in [0.25, 0.3) is 5.91 Å². The van der Waals surface area contributed by atoms with Gasteiger partial charge in [-0.15, -0.1) is 0 Å². The van der Waals surface area contributed by atoms with E-state index in [1.165, 1.54) is 0 Å². The molecule has 5 rings (SSSR count). The summed E-state index contributed by atoms with van der Waals surface area (Å²) in [7, 11) is 1.89. The van der Waals surface area contributed by atoms with Gasteiger partial charge < -0.3 is 24.7 Å². The number of carbonyl (C=O) groups excluding carboxylic acids is 2. The Labute approximate surface area is 178 Å². The molecule has 9 heteroatoms. The molecule has 31 heavy (non-hydrogen) atoms. The van der Waals surface area contributed by atoms with Gasteiger partial charge in [0.2, 0.25) is 11.8 Å². The van der Waals surface area contributed by atoms with Gasteiger partial charge in [0.05, 0.1) is 29.6 Å². The fraction of sp³-hybridized carbons (Fsp3) is 0.364. The van der Waals surface area contributed by atoms with Crippen molar-refractivity contribution in [3.63, 3.8) is 0 Å². The number of aromatic nitrogens is 3. The Hall–Kier alpha value is -3.62. The highest BCUT2D eigenvalue weighted by molar-refractivity contribution is 5.98. The topological polar surface area (TPSA) is 107 Å². The van der Waals surface area contributed by atoms with E-state index < -0.39 is 0 Å². The van der Waals surface area contributed by atoms with Gasteiger partial charge in [0, 0.05) is 31.5 Å². The second-order valence-electron chi connectivity index (χ2n) is 7.94. The zero-order chi connectivity index (χ0) is 21.5. The Bertz CT molecular complexity index is 1190. The summed E-state index contributed by atoms with van der Waals surface area (Å²) in [5.41, 5.74) is 3.41. The summed E-state index contributed by atoms with van der Waals surface area (Å²) in [4.78, 5) is 33.3. The maximum absolute atomic E-state index is 12.4. The molecule has 3 aromatic rings. The molecule has 2 N–H and O–H groups in total. The molecule has 0 bridgehead atoms. The SMILES string of the molecule is C[C@@H](Oc1nc(-c2ccc3c(c2)C(=O)NCCO3)cc2ncn(C)c12)C1CNC(=O)C1. The van der Waals surface area contributed by atoms with E-state index in [1.807, 2.05) is 30.7 Å². The van der Waals surface area contributed by atoms with E-state index in [4.69, 9.17) is 14.5 Å². The van der Waals surface area contributed by atoms with Crippen LogP contribution >= 0.6 is 0 Å². The second-order valence-corrected chi connectivity index (χ2v) is 7.94. The lowest BCUT2D eigenvalue weighted by Gasteiger charge is -2.20. The van der Waals surface area contributed by atoms with E-state index in [2.05, 4.69) is 15.6 Å². The average Bonchev–Trinajstić information content (AvgIpc) is 3.31. The van der Waals surface area contributed by atoms with Crippen LogP contribution in [0.5, 0.6) is 11.6 Å². The highest BCUT2D eigenvalue weighted by Gasteiger charge is 2.29. The molecule has 0 spiro atoms. The minimum atomic E-state index is -0.203. The van der Waals surface area contributed by atoms with Crippen molar-refractivity contribution < 1.29 is 19.1 Å². The summed E-state index contributed by atoms with van der Waals surface area (Å²) < 4.78 is 13.8. The van der Waals surface area contributed by atoms with Crippen molar-refractivity contribution >= 4 is 22.8 Å². The number of benzene rings is 1. The molecule has 1 saturated heterocycles. The first kappa shape index (κ1) is 19.3. The fourth-order valence-electron chi connectivity index (χ4n) is 4.01. The summed E-state index contributed by atoms with van der Waals surface area (Å²) in [6.45, 7) is 3.44. The Kier molecular flexibility index (Phi) is 4.72. The number of carbonyl (C=O) groups is 2. The fourth-order valence-corrected chi connectivity index (χ4v) is 4.01. The molecule has 1 aromatic carbocycles. The number of imidazole rings is 1. The van der Waals surface area contributed by atoms with E-state index in [0.29, 0.717) is 49.0 Å². The first-order valence-electron chi connectivity index (χ1n) is 10.3. The molecule has 1 fully saturated rings. The van der Waals surface area contributed by atoms with Gasteiger partial charge in [-0.3, -0.25) is 9.59 Å². The molecule has 2 aliphatic heterocycles. The number of fused-ring (bicyclic) bond motifs is 2. The van der Waals surface area contributed by atoms with Gasteiger partial charge in [0.15, 0.2) is 0 Å². The van der Waals surface area contributed by atoms with Crippen LogP contribution in [-0.2, 0) is 11.8 Å². The summed E-state index contributed by atoms with van der Waals surface area (Å²) in [5.74, 6) is 0.959. The molecular weight excluding hydrogens is 398 g/mol. The number of nitrogens with zero attached hydrogens (tertiary/aromatic N) is 3. The molecule has 2 aromatic heterocycles. The lowest BCUT2D eigenvalue weighted by Crippen LogP contribution is -2.26. The van der Waals surface area contributed by atoms with E-state index in [-0.39, 0.29) is 23.8 Å². The smallest absolute Gasteiger partial charge is 0.255 e. The van der Waals surface area contributed by atoms with Crippen molar-refractivity contribution in [3.8, 4) is 22.9 Å². The van der Waals surface area contributed by atoms with Crippen LogP contribution in [0.25, 0.3) is 22.3 Å². The molecule has 160 valence electrons. The molecule has 9 nitrogen and oxygen atoms in total. The second kappa shape index (κ2) is 7.57. The molecule has 0 radical (unpaired) electrons. The quantitative estimate of drug-likeness (QED) is 0.664. The maximum Gasteiger partial charge on any atom is 0.255 e. The van der Waals surface area contributed by atoms with Gasteiger partial charge in [-0.2, -0.15) is 0 Å². The minimum Gasteiger partial charge on any atom is -0.491 e. The minimum absolute atomic E-state index is 0.0401. The predicted molar refractivity (Wildman–Crippen MR) is 113 cm³/mol. The highest BCUT2D eigenvalue weighted by atomic mass is 16.5. The van der Waals surface area contributed by atoms with Gasteiger partial charge in [-0.1, -0.05) is 0 Å². The van der Waals surface area contributed by atoms with E-state index in [0.717, 1.165) is 16.6 Å². The number of hydrogen-bond donors (Lipinski definition) is 2. The van der Waals surface area contributed by atoms with Crippen LogP contribution in [0.2, 0.25) is 0 Å². The largest absolute Gasteiger partial charge is 0.491 e. The summed E-state index contributed by atoms with van der Waals surface area (Å²) in [6, 6.07) is 7.32. The van der Waals surface area contributed by atoms with Gasteiger partial charge in [-0.25, -0.2) is 9.97 Å². The average molecular weight is 421 g/mol. The zero-order valence-corrected chi connectivity index (χ0v) is 17.3. The molecular formula is C22H23N5O4. The van der Waals surface area contributed by atoms with Crippen LogP contribution in [0.15, 0.2) is 30.6 Å². The van der Waals surface area contributed by atoms with E-state index >= 15 is 0 Å². The van der Waals surface area contributed by atoms with Crippen LogP contribution in [0.4, 0.5) is 0 Å².